The Balaban J connectivity index is 4.10. The highest BCUT2D eigenvalue weighted by atomic mass is 16.6. The third-order valence-corrected chi connectivity index (χ3v) is 14.2. The van der Waals surface area contributed by atoms with Crippen molar-refractivity contribution < 1.29 is 38.2 Å². The number of hydrogen-bond acceptors (Lipinski definition) is 6. The summed E-state index contributed by atoms with van der Waals surface area (Å²) in [5, 5.41) is 9.69. The molecule has 0 amide bonds. The SMILES string of the molecule is CCCCCCCCCC/C=C\CCCCCCCCCCCCCC(=O)OC(COCCC(C(=O)O)[N+](C)(C)C)COC(=O)CCCCCCCCCCCCCCCCCCCCCCCC. The van der Waals surface area contributed by atoms with Crippen LogP contribution in [0.15, 0.2) is 12.2 Å². The van der Waals surface area contributed by atoms with Gasteiger partial charge in [-0.25, -0.2) is 4.79 Å². The molecule has 0 aromatic heterocycles. The number of carbonyl (C=O) groups excluding carboxylic acids is 2. The predicted molar refractivity (Wildman–Crippen MR) is 294 cm³/mol. The Labute approximate surface area is 429 Å². The van der Waals surface area contributed by atoms with Crippen molar-refractivity contribution in [2.75, 3.05) is 41.0 Å². The van der Waals surface area contributed by atoms with Crippen molar-refractivity contribution >= 4 is 17.9 Å². The first-order chi connectivity index (χ1) is 33.6. The minimum Gasteiger partial charge on any atom is -0.477 e. The Morgan fingerprint density at radius 2 is 0.725 bits per heavy atom. The molecule has 0 spiro atoms. The number of rotatable bonds is 56. The average Bonchev–Trinajstić information content (AvgIpc) is 3.31. The number of aliphatic carboxylic acids is 1. The van der Waals surface area contributed by atoms with Crippen LogP contribution in [0.4, 0.5) is 0 Å². The molecular weight excluding hydrogens is 859 g/mol. The van der Waals surface area contributed by atoms with Crippen LogP contribution in [-0.4, -0.2) is 80.6 Å². The van der Waals surface area contributed by atoms with Gasteiger partial charge in [0.1, 0.15) is 6.61 Å². The predicted octanol–water partition coefficient (Wildman–Crippen LogP) is 18.2. The third kappa shape index (κ3) is 50.8. The number of quaternary nitrogens is 1. The molecule has 0 radical (unpaired) electrons. The monoisotopic (exact) mass is 977 g/mol. The van der Waals surface area contributed by atoms with E-state index in [-0.39, 0.29) is 36.2 Å². The van der Waals surface area contributed by atoms with Gasteiger partial charge in [0.05, 0.1) is 34.4 Å². The highest BCUT2D eigenvalue weighted by Crippen LogP contribution is 2.18. The van der Waals surface area contributed by atoms with Crippen molar-refractivity contribution in [2.45, 2.75) is 321 Å². The molecule has 0 saturated heterocycles. The summed E-state index contributed by atoms with van der Waals surface area (Å²) < 4.78 is 17.5. The van der Waals surface area contributed by atoms with Gasteiger partial charge in [-0.05, 0) is 38.5 Å². The number of carboxylic acids is 1. The van der Waals surface area contributed by atoms with E-state index in [4.69, 9.17) is 14.2 Å². The van der Waals surface area contributed by atoms with E-state index in [0.717, 1.165) is 38.5 Å². The first kappa shape index (κ1) is 67.1. The molecule has 408 valence electrons. The van der Waals surface area contributed by atoms with Crippen molar-refractivity contribution in [3.63, 3.8) is 0 Å². The van der Waals surface area contributed by atoms with Gasteiger partial charge in [-0.1, -0.05) is 264 Å². The van der Waals surface area contributed by atoms with Crippen LogP contribution in [0.25, 0.3) is 0 Å². The molecule has 2 atom stereocenters. The van der Waals surface area contributed by atoms with Gasteiger partial charge in [-0.2, -0.15) is 0 Å². The van der Waals surface area contributed by atoms with E-state index in [1.165, 1.54) is 238 Å². The summed E-state index contributed by atoms with van der Waals surface area (Å²) in [4.78, 5) is 37.3. The van der Waals surface area contributed by atoms with E-state index in [0.29, 0.717) is 19.3 Å². The molecule has 0 aliphatic heterocycles. The number of esters is 2. The van der Waals surface area contributed by atoms with Gasteiger partial charge >= 0.3 is 17.9 Å². The number of carbonyl (C=O) groups is 3. The van der Waals surface area contributed by atoms with Gasteiger partial charge in [0.15, 0.2) is 12.1 Å². The lowest BCUT2D eigenvalue weighted by Gasteiger charge is -2.31. The van der Waals surface area contributed by atoms with Crippen LogP contribution in [0.3, 0.4) is 0 Å². The van der Waals surface area contributed by atoms with Crippen LogP contribution in [0.5, 0.6) is 0 Å². The van der Waals surface area contributed by atoms with Gasteiger partial charge in [0.25, 0.3) is 0 Å². The minimum atomic E-state index is -0.869. The maximum atomic E-state index is 12.9. The van der Waals surface area contributed by atoms with Crippen LogP contribution in [-0.2, 0) is 28.6 Å². The molecule has 1 N–H and O–H groups in total. The lowest BCUT2D eigenvalue weighted by atomic mass is 10.0. The van der Waals surface area contributed by atoms with E-state index in [2.05, 4.69) is 26.0 Å². The minimum absolute atomic E-state index is 0.0436. The fourth-order valence-electron chi connectivity index (χ4n) is 9.50. The summed E-state index contributed by atoms with van der Waals surface area (Å²) >= 11 is 0. The Hall–Kier alpha value is -1.93. The second-order valence-electron chi connectivity index (χ2n) is 22.0. The summed E-state index contributed by atoms with van der Waals surface area (Å²) in [7, 11) is 5.56. The highest BCUT2D eigenvalue weighted by Gasteiger charge is 2.31. The standard InChI is InChI=1S/C61H117NO7/c1-6-8-10-12-14-16-18-20-22-24-26-28-30-32-34-36-38-40-42-44-46-48-50-52-60(64)69-57(55-67-54-53-58(61(65)66)62(3,4)5)56-68-59(63)51-49-47-45-43-41-39-37-35-33-31-29-27-25-23-21-19-17-15-13-11-9-7-2/h24,26,57-58H,6-23,25,27-56H2,1-5H3/p+1/b26-24-. The lowest BCUT2D eigenvalue weighted by Crippen LogP contribution is -2.50. The molecule has 0 heterocycles. The molecule has 0 aliphatic carbocycles. The Bertz CT molecular complexity index is 1140. The van der Waals surface area contributed by atoms with Crippen LogP contribution < -0.4 is 0 Å². The fraction of sp³-hybridized carbons (Fsp3) is 0.918. The van der Waals surface area contributed by atoms with Gasteiger partial charge in [0, 0.05) is 19.3 Å². The zero-order chi connectivity index (χ0) is 50.6. The van der Waals surface area contributed by atoms with Crippen molar-refractivity contribution in [1.82, 2.24) is 0 Å². The summed E-state index contributed by atoms with van der Waals surface area (Å²) in [6.07, 6.45) is 61.4. The molecule has 0 aliphatic rings. The van der Waals surface area contributed by atoms with Gasteiger partial charge in [0.2, 0.25) is 0 Å². The molecule has 69 heavy (non-hydrogen) atoms. The van der Waals surface area contributed by atoms with Crippen molar-refractivity contribution in [3.05, 3.63) is 12.2 Å². The number of unbranched alkanes of at least 4 members (excludes halogenated alkanes) is 40. The van der Waals surface area contributed by atoms with Crippen molar-refractivity contribution in [2.24, 2.45) is 0 Å². The zero-order valence-corrected chi connectivity index (χ0v) is 46.8. The van der Waals surface area contributed by atoms with Crippen LogP contribution in [0.2, 0.25) is 0 Å². The topological polar surface area (TPSA) is 99.1 Å². The van der Waals surface area contributed by atoms with E-state index < -0.39 is 18.1 Å². The van der Waals surface area contributed by atoms with Crippen molar-refractivity contribution in [3.8, 4) is 0 Å². The van der Waals surface area contributed by atoms with E-state index in [1.807, 2.05) is 21.1 Å². The number of ether oxygens (including phenoxy) is 3. The second-order valence-corrected chi connectivity index (χ2v) is 22.0. The van der Waals surface area contributed by atoms with E-state index >= 15 is 0 Å². The number of nitrogens with zero attached hydrogens (tertiary/aromatic N) is 1. The van der Waals surface area contributed by atoms with Crippen LogP contribution >= 0.6 is 0 Å². The van der Waals surface area contributed by atoms with Crippen molar-refractivity contribution in [1.29, 1.82) is 0 Å². The highest BCUT2D eigenvalue weighted by molar-refractivity contribution is 5.72. The maximum Gasteiger partial charge on any atom is 0.362 e. The Kier molecular flexibility index (Phi) is 50.9. The summed E-state index contributed by atoms with van der Waals surface area (Å²) in [6.45, 7) is 4.81. The number of likely N-dealkylation sites (N-methyl/N-ethyl adjacent to an activating group) is 1. The lowest BCUT2D eigenvalue weighted by molar-refractivity contribution is -0.887. The zero-order valence-electron chi connectivity index (χ0n) is 46.8. The molecular formula is C61H118NO7+. The number of hydrogen-bond donors (Lipinski definition) is 1. The number of carboxylic acid groups (broad SMARTS) is 1. The molecule has 0 aromatic rings. The molecule has 0 saturated carbocycles. The fourth-order valence-corrected chi connectivity index (χ4v) is 9.50. The Morgan fingerprint density at radius 3 is 1.04 bits per heavy atom. The van der Waals surface area contributed by atoms with Crippen LogP contribution in [0, 0.1) is 0 Å². The molecule has 8 nitrogen and oxygen atoms in total. The summed E-state index contributed by atoms with van der Waals surface area (Å²) in [5.41, 5.74) is 0. The molecule has 0 aromatic carbocycles. The molecule has 0 bridgehead atoms. The number of allylic oxidation sites excluding steroid dienone is 2. The summed E-state index contributed by atoms with van der Waals surface area (Å²) in [6, 6.07) is -0.612. The molecule has 0 fully saturated rings. The first-order valence-corrected chi connectivity index (χ1v) is 30.2. The normalized spacial score (nSPS) is 12.8. The quantitative estimate of drug-likeness (QED) is 0.0280. The van der Waals surface area contributed by atoms with Gasteiger partial charge < -0.3 is 23.8 Å². The van der Waals surface area contributed by atoms with E-state index in [9.17, 15) is 19.5 Å². The first-order valence-electron chi connectivity index (χ1n) is 30.2. The van der Waals surface area contributed by atoms with E-state index in [1.54, 1.807) is 0 Å². The molecule has 0 rings (SSSR count). The largest absolute Gasteiger partial charge is 0.477 e. The molecule has 8 heteroatoms. The maximum absolute atomic E-state index is 12.9. The average molecular weight is 978 g/mol. The Morgan fingerprint density at radius 1 is 0.420 bits per heavy atom. The second kappa shape index (κ2) is 52.4. The van der Waals surface area contributed by atoms with Gasteiger partial charge in [-0.3, -0.25) is 9.59 Å². The summed E-state index contributed by atoms with van der Waals surface area (Å²) in [5.74, 6) is -1.44. The molecule has 2 unspecified atom stereocenters. The third-order valence-electron chi connectivity index (χ3n) is 14.2. The smallest absolute Gasteiger partial charge is 0.362 e. The van der Waals surface area contributed by atoms with Gasteiger partial charge in [-0.15, -0.1) is 0 Å². The van der Waals surface area contributed by atoms with Crippen LogP contribution in [0.1, 0.15) is 309 Å².